The molecule has 0 aliphatic heterocycles. The van der Waals surface area contributed by atoms with E-state index in [1.807, 2.05) is 6.92 Å². The van der Waals surface area contributed by atoms with E-state index in [1.165, 1.54) is 6.07 Å². The van der Waals surface area contributed by atoms with Gasteiger partial charge in [-0.1, -0.05) is 12.1 Å². The van der Waals surface area contributed by atoms with Crippen LogP contribution in [0.3, 0.4) is 0 Å². The zero-order valence-corrected chi connectivity index (χ0v) is 11.8. The number of nitro groups is 1. The van der Waals surface area contributed by atoms with Crippen molar-refractivity contribution in [3.05, 3.63) is 34.0 Å². The van der Waals surface area contributed by atoms with Gasteiger partial charge in [-0.15, -0.1) is 0 Å². The minimum absolute atomic E-state index is 0.0998. The van der Waals surface area contributed by atoms with Gasteiger partial charge in [0, 0.05) is 19.5 Å². The van der Waals surface area contributed by atoms with Crippen molar-refractivity contribution in [3.63, 3.8) is 0 Å². The predicted octanol–water partition coefficient (Wildman–Crippen LogP) is 2.12. The summed E-state index contributed by atoms with van der Waals surface area (Å²) in [5.41, 5.74) is -0.0998. The lowest BCUT2D eigenvalue weighted by molar-refractivity contribution is -0.384. The fourth-order valence-corrected chi connectivity index (χ4v) is 1.66. The van der Waals surface area contributed by atoms with Gasteiger partial charge in [-0.3, -0.25) is 10.1 Å². The Balaban J connectivity index is 2.15. The average Bonchev–Trinajstić information content (AvgIpc) is 2.88. The minimum Gasteiger partial charge on any atom is -0.370 e. The lowest BCUT2D eigenvalue weighted by atomic mass is 10.3. The second-order valence-electron chi connectivity index (χ2n) is 4.33. The molecule has 0 radical (unpaired) electrons. The van der Waals surface area contributed by atoms with E-state index in [9.17, 15) is 10.1 Å². The lowest BCUT2D eigenvalue weighted by Crippen LogP contribution is -2.08. The fraction of sp³-hybridized carbons (Fsp3) is 0.417. The van der Waals surface area contributed by atoms with Crippen LogP contribution in [0.4, 0.5) is 17.3 Å². The Morgan fingerprint density at radius 3 is 2.76 bits per heavy atom. The second kappa shape index (κ2) is 6.64. The molecule has 0 amide bonds. The van der Waals surface area contributed by atoms with Crippen LogP contribution < -0.4 is 10.6 Å². The summed E-state index contributed by atoms with van der Waals surface area (Å²) < 4.78 is 4.84. The summed E-state index contributed by atoms with van der Waals surface area (Å²) in [4.78, 5) is 18.8. The number of hydrogen-bond acceptors (Lipinski definition) is 8. The van der Waals surface area contributed by atoms with Gasteiger partial charge < -0.3 is 15.2 Å². The summed E-state index contributed by atoms with van der Waals surface area (Å²) >= 11 is 0. The number of aromatic nitrogens is 3. The van der Waals surface area contributed by atoms with Gasteiger partial charge in [0.25, 0.3) is 0 Å². The molecule has 0 aromatic carbocycles. The molecule has 0 aliphatic carbocycles. The SMILES string of the molecule is CCCNc1ccc([N+](=O)[O-])c(NCc2noc(C)n2)n1. The lowest BCUT2D eigenvalue weighted by Gasteiger charge is -2.08. The molecule has 2 rings (SSSR count). The molecule has 9 heteroatoms. The highest BCUT2D eigenvalue weighted by molar-refractivity contribution is 5.60. The van der Waals surface area contributed by atoms with Gasteiger partial charge in [0.05, 0.1) is 11.5 Å². The maximum absolute atomic E-state index is 11.0. The summed E-state index contributed by atoms with van der Waals surface area (Å²) in [6.45, 7) is 4.64. The molecule has 0 saturated heterocycles. The molecule has 0 saturated carbocycles. The Bertz CT molecular complexity index is 627. The van der Waals surface area contributed by atoms with E-state index in [-0.39, 0.29) is 18.1 Å². The van der Waals surface area contributed by atoms with E-state index in [0.717, 1.165) is 13.0 Å². The standard InChI is InChI=1S/C12H16N6O3/c1-3-6-13-10-5-4-9(18(19)20)12(16-10)14-7-11-15-8(2)21-17-11/h4-5H,3,6-7H2,1-2H3,(H2,13,14,16). The van der Waals surface area contributed by atoms with Crippen LogP contribution in [0.5, 0.6) is 0 Å². The van der Waals surface area contributed by atoms with E-state index in [1.54, 1.807) is 13.0 Å². The van der Waals surface area contributed by atoms with Crippen LogP contribution in [0.1, 0.15) is 25.1 Å². The van der Waals surface area contributed by atoms with Crippen molar-refractivity contribution in [3.8, 4) is 0 Å². The summed E-state index contributed by atoms with van der Waals surface area (Å²) in [6, 6.07) is 2.99. The number of aryl methyl sites for hydroxylation is 1. The van der Waals surface area contributed by atoms with Gasteiger partial charge in [-0.2, -0.15) is 4.98 Å². The minimum atomic E-state index is -0.486. The first-order valence-corrected chi connectivity index (χ1v) is 6.52. The Hall–Kier alpha value is -2.71. The molecule has 2 heterocycles. The van der Waals surface area contributed by atoms with Crippen LogP contribution in [0, 0.1) is 17.0 Å². The van der Waals surface area contributed by atoms with Gasteiger partial charge in [0.1, 0.15) is 5.82 Å². The third kappa shape index (κ3) is 3.88. The number of anilines is 2. The largest absolute Gasteiger partial charge is 0.370 e. The number of nitrogens with zero attached hydrogens (tertiary/aromatic N) is 4. The van der Waals surface area contributed by atoms with Gasteiger partial charge >= 0.3 is 5.69 Å². The number of nitrogens with one attached hydrogen (secondary N) is 2. The molecule has 0 aliphatic rings. The van der Waals surface area contributed by atoms with Crippen molar-refractivity contribution in [1.82, 2.24) is 15.1 Å². The predicted molar refractivity (Wildman–Crippen MR) is 76.0 cm³/mol. The molecule has 0 bridgehead atoms. The fourth-order valence-electron chi connectivity index (χ4n) is 1.66. The second-order valence-corrected chi connectivity index (χ2v) is 4.33. The quantitative estimate of drug-likeness (QED) is 0.588. The monoisotopic (exact) mass is 292 g/mol. The third-order valence-electron chi connectivity index (χ3n) is 2.61. The van der Waals surface area contributed by atoms with E-state index in [4.69, 9.17) is 4.52 Å². The molecule has 2 N–H and O–H groups in total. The van der Waals surface area contributed by atoms with E-state index >= 15 is 0 Å². The topological polar surface area (TPSA) is 119 Å². The summed E-state index contributed by atoms with van der Waals surface area (Å²) in [7, 11) is 0. The number of rotatable bonds is 7. The van der Waals surface area contributed by atoms with Crippen LogP contribution in [0.2, 0.25) is 0 Å². The zero-order chi connectivity index (χ0) is 15.2. The van der Waals surface area contributed by atoms with Crippen LogP contribution in [0.15, 0.2) is 16.7 Å². The average molecular weight is 292 g/mol. The van der Waals surface area contributed by atoms with Gasteiger partial charge in [0.15, 0.2) is 5.82 Å². The number of pyridine rings is 1. The molecular formula is C12H16N6O3. The summed E-state index contributed by atoms with van der Waals surface area (Å²) in [6.07, 6.45) is 0.934. The molecule has 0 atom stereocenters. The molecule has 112 valence electrons. The van der Waals surface area contributed by atoms with Crippen molar-refractivity contribution < 1.29 is 9.45 Å². The van der Waals surface area contributed by atoms with Crippen molar-refractivity contribution in [2.24, 2.45) is 0 Å². The summed E-state index contributed by atoms with van der Waals surface area (Å²) in [5, 5.41) is 20.7. The van der Waals surface area contributed by atoms with Crippen molar-refractivity contribution in [2.45, 2.75) is 26.8 Å². The van der Waals surface area contributed by atoms with E-state index in [0.29, 0.717) is 17.5 Å². The molecule has 21 heavy (non-hydrogen) atoms. The molecule has 2 aromatic rings. The Labute approximate surface area is 120 Å². The van der Waals surface area contributed by atoms with Gasteiger partial charge in [-0.05, 0) is 12.5 Å². The van der Waals surface area contributed by atoms with E-state index < -0.39 is 4.92 Å². The Kier molecular flexibility index (Phi) is 4.64. The van der Waals surface area contributed by atoms with Gasteiger partial charge in [0.2, 0.25) is 11.7 Å². The smallest absolute Gasteiger partial charge is 0.311 e. The van der Waals surface area contributed by atoms with E-state index in [2.05, 4.69) is 25.8 Å². The first-order chi connectivity index (χ1) is 10.1. The molecule has 9 nitrogen and oxygen atoms in total. The van der Waals surface area contributed by atoms with Crippen LogP contribution >= 0.6 is 0 Å². The maximum atomic E-state index is 11.0. The molecule has 0 unspecified atom stereocenters. The Morgan fingerprint density at radius 1 is 1.33 bits per heavy atom. The van der Waals surface area contributed by atoms with Crippen LogP contribution in [0.25, 0.3) is 0 Å². The third-order valence-corrected chi connectivity index (χ3v) is 2.61. The van der Waals surface area contributed by atoms with Crippen LogP contribution in [-0.4, -0.2) is 26.6 Å². The molecule has 0 spiro atoms. The van der Waals surface area contributed by atoms with Crippen LogP contribution in [-0.2, 0) is 6.54 Å². The van der Waals surface area contributed by atoms with Crippen molar-refractivity contribution in [2.75, 3.05) is 17.2 Å². The number of hydrogen-bond donors (Lipinski definition) is 2. The highest BCUT2D eigenvalue weighted by Crippen LogP contribution is 2.24. The first kappa shape index (κ1) is 14.7. The molecular weight excluding hydrogens is 276 g/mol. The Morgan fingerprint density at radius 2 is 2.14 bits per heavy atom. The van der Waals surface area contributed by atoms with Crippen molar-refractivity contribution >= 4 is 17.3 Å². The first-order valence-electron chi connectivity index (χ1n) is 6.52. The molecule has 2 aromatic heterocycles. The highest BCUT2D eigenvalue weighted by Gasteiger charge is 2.16. The van der Waals surface area contributed by atoms with Gasteiger partial charge in [-0.25, -0.2) is 4.98 Å². The van der Waals surface area contributed by atoms with Crippen molar-refractivity contribution in [1.29, 1.82) is 0 Å². The summed E-state index contributed by atoms with van der Waals surface area (Å²) in [5.74, 6) is 1.60. The zero-order valence-electron chi connectivity index (χ0n) is 11.8. The molecule has 0 fully saturated rings. The highest BCUT2D eigenvalue weighted by atomic mass is 16.6. The normalized spacial score (nSPS) is 10.4. The maximum Gasteiger partial charge on any atom is 0.311 e.